The van der Waals surface area contributed by atoms with Crippen molar-refractivity contribution in [2.45, 2.75) is 26.7 Å². The third-order valence-electron chi connectivity index (χ3n) is 2.28. The van der Waals surface area contributed by atoms with Gasteiger partial charge in [-0.25, -0.2) is 4.98 Å². The second-order valence-corrected chi connectivity index (χ2v) is 3.90. The van der Waals surface area contributed by atoms with Crippen molar-refractivity contribution < 1.29 is 4.79 Å². The molecule has 0 bridgehead atoms. The van der Waals surface area contributed by atoms with Crippen LogP contribution in [0.1, 0.15) is 37.0 Å². The van der Waals surface area contributed by atoms with Crippen LogP contribution in [0, 0.1) is 5.92 Å². The normalized spacial score (nSPS) is 12.5. The zero-order valence-corrected chi connectivity index (χ0v) is 9.21. The third kappa shape index (κ3) is 3.11. The first kappa shape index (κ1) is 11.2. The average Bonchev–Trinajstić information content (AvgIpc) is 2.17. The van der Waals surface area contributed by atoms with Gasteiger partial charge in [-0.15, -0.1) is 0 Å². The number of rotatable bonds is 4. The molecule has 0 saturated carbocycles. The number of pyridine rings is 1. The Balaban J connectivity index is 2.70. The van der Waals surface area contributed by atoms with E-state index in [9.17, 15) is 4.79 Å². The summed E-state index contributed by atoms with van der Waals surface area (Å²) in [5.74, 6) is 0.568. The van der Waals surface area contributed by atoms with Gasteiger partial charge < -0.3 is 0 Å². The standard InChI is InChI=1S/C11H14ClNO/c1-3-8(2)6-10(14)9-4-5-13-11(12)7-9/h4-5,7-8H,3,6H2,1-2H3. The van der Waals surface area contributed by atoms with E-state index in [0.29, 0.717) is 23.1 Å². The molecule has 2 nitrogen and oxygen atoms in total. The molecule has 1 aromatic heterocycles. The van der Waals surface area contributed by atoms with Gasteiger partial charge in [-0.1, -0.05) is 31.9 Å². The molecule has 1 rings (SSSR count). The lowest BCUT2D eigenvalue weighted by atomic mass is 9.98. The lowest BCUT2D eigenvalue weighted by Gasteiger charge is -2.06. The van der Waals surface area contributed by atoms with Gasteiger partial charge in [0.2, 0.25) is 0 Å². The lowest BCUT2D eigenvalue weighted by Crippen LogP contribution is -2.05. The fourth-order valence-electron chi connectivity index (χ4n) is 1.15. The van der Waals surface area contributed by atoms with E-state index in [2.05, 4.69) is 18.8 Å². The molecule has 0 amide bonds. The summed E-state index contributed by atoms with van der Waals surface area (Å²) in [4.78, 5) is 15.5. The molecule has 1 heterocycles. The van der Waals surface area contributed by atoms with Crippen LogP contribution < -0.4 is 0 Å². The largest absolute Gasteiger partial charge is 0.294 e. The van der Waals surface area contributed by atoms with Gasteiger partial charge in [0, 0.05) is 18.2 Å². The van der Waals surface area contributed by atoms with Gasteiger partial charge in [-0.05, 0) is 18.1 Å². The van der Waals surface area contributed by atoms with Gasteiger partial charge in [-0.3, -0.25) is 4.79 Å². The molecule has 1 atom stereocenters. The van der Waals surface area contributed by atoms with Crippen molar-refractivity contribution in [3.05, 3.63) is 29.0 Å². The molecule has 0 N–H and O–H groups in total. The summed E-state index contributed by atoms with van der Waals surface area (Å²) in [5, 5.41) is 0.375. The van der Waals surface area contributed by atoms with Crippen molar-refractivity contribution in [2.24, 2.45) is 5.92 Å². The average molecular weight is 212 g/mol. The SMILES string of the molecule is CCC(C)CC(=O)c1ccnc(Cl)c1. The Morgan fingerprint density at radius 1 is 1.64 bits per heavy atom. The van der Waals surface area contributed by atoms with Crippen LogP contribution in [0.15, 0.2) is 18.3 Å². The molecular weight excluding hydrogens is 198 g/mol. The predicted octanol–water partition coefficient (Wildman–Crippen LogP) is 3.35. The zero-order valence-electron chi connectivity index (χ0n) is 8.46. The van der Waals surface area contributed by atoms with Gasteiger partial charge in [0.25, 0.3) is 0 Å². The molecule has 14 heavy (non-hydrogen) atoms. The molecular formula is C11H14ClNO. The Labute approximate surface area is 89.3 Å². The number of halogens is 1. The van der Waals surface area contributed by atoms with Crippen molar-refractivity contribution in [1.82, 2.24) is 4.98 Å². The number of carbonyl (C=O) groups is 1. The first-order valence-electron chi connectivity index (χ1n) is 4.78. The molecule has 0 fully saturated rings. The first-order valence-corrected chi connectivity index (χ1v) is 5.16. The highest BCUT2D eigenvalue weighted by Gasteiger charge is 2.10. The summed E-state index contributed by atoms with van der Waals surface area (Å²) in [6.45, 7) is 4.15. The third-order valence-corrected chi connectivity index (χ3v) is 2.49. The van der Waals surface area contributed by atoms with Crippen LogP contribution in [0.2, 0.25) is 5.15 Å². The quantitative estimate of drug-likeness (QED) is 0.565. The molecule has 76 valence electrons. The molecule has 1 unspecified atom stereocenters. The van der Waals surface area contributed by atoms with E-state index in [1.165, 1.54) is 0 Å². The van der Waals surface area contributed by atoms with Crippen molar-refractivity contribution in [2.75, 3.05) is 0 Å². The van der Waals surface area contributed by atoms with E-state index >= 15 is 0 Å². The van der Waals surface area contributed by atoms with Crippen LogP contribution in [0.3, 0.4) is 0 Å². The number of carbonyl (C=O) groups excluding carboxylic acids is 1. The Bertz CT molecular complexity index is 325. The molecule has 0 saturated heterocycles. The summed E-state index contributed by atoms with van der Waals surface area (Å²) in [5.41, 5.74) is 0.658. The highest BCUT2D eigenvalue weighted by atomic mass is 35.5. The van der Waals surface area contributed by atoms with Gasteiger partial charge in [0.1, 0.15) is 5.15 Å². The molecule has 0 aliphatic heterocycles. The van der Waals surface area contributed by atoms with Crippen LogP contribution in [0.5, 0.6) is 0 Å². The van der Waals surface area contributed by atoms with E-state index in [1.807, 2.05) is 0 Å². The maximum absolute atomic E-state index is 11.7. The molecule has 0 aliphatic carbocycles. The minimum Gasteiger partial charge on any atom is -0.294 e. The Hall–Kier alpha value is -0.890. The van der Waals surface area contributed by atoms with Crippen molar-refractivity contribution in [3.63, 3.8) is 0 Å². The van der Waals surface area contributed by atoms with Crippen LogP contribution in [-0.2, 0) is 0 Å². The van der Waals surface area contributed by atoms with Gasteiger partial charge in [-0.2, -0.15) is 0 Å². The summed E-state index contributed by atoms with van der Waals surface area (Å²) in [6.07, 6.45) is 3.16. The van der Waals surface area contributed by atoms with Crippen LogP contribution >= 0.6 is 11.6 Å². The smallest absolute Gasteiger partial charge is 0.163 e. The zero-order chi connectivity index (χ0) is 10.6. The topological polar surface area (TPSA) is 30.0 Å². The molecule has 3 heteroatoms. The second kappa shape index (κ2) is 5.11. The van der Waals surface area contributed by atoms with Crippen molar-refractivity contribution >= 4 is 17.4 Å². The summed E-state index contributed by atoms with van der Waals surface area (Å²) < 4.78 is 0. The van der Waals surface area contributed by atoms with Gasteiger partial charge >= 0.3 is 0 Å². The number of hydrogen-bond donors (Lipinski definition) is 0. The monoisotopic (exact) mass is 211 g/mol. The fourth-order valence-corrected chi connectivity index (χ4v) is 1.33. The maximum atomic E-state index is 11.7. The summed E-state index contributed by atoms with van der Waals surface area (Å²) in [7, 11) is 0. The van der Waals surface area contributed by atoms with E-state index in [-0.39, 0.29) is 5.78 Å². The number of Topliss-reactive ketones (excluding diaryl/α,β-unsaturated/α-hetero) is 1. The lowest BCUT2D eigenvalue weighted by molar-refractivity contribution is 0.0963. The molecule has 0 aromatic carbocycles. The molecule has 0 radical (unpaired) electrons. The number of aromatic nitrogens is 1. The van der Waals surface area contributed by atoms with E-state index in [0.717, 1.165) is 6.42 Å². The highest BCUT2D eigenvalue weighted by Crippen LogP contribution is 2.14. The van der Waals surface area contributed by atoms with E-state index < -0.39 is 0 Å². The van der Waals surface area contributed by atoms with Crippen LogP contribution in [0.25, 0.3) is 0 Å². The Morgan fingerprint density at radius 3 is 2.93 bits per heavy atom. The minimum absolute atomic E-state index is 0.142. The second-order valence-electron chi connectivity index (χ2n) is 3.51. The Kier molecular flexibility index (Phi) is 4.08. The summed E-state index contributed by atoms with van der Waals surface area (Å²) in [6, 6.07) is 3.32. The van der Waals surface area contributed by atoms with Gasteiger partial charge in [0.15, 0.2) is 5.78 Å². The van der Waals surface area contributed by atoms with E-state index in [1.54, 1.807) is 18.3 Å². The predicted molar refractivity (Wildman–Crippen MR) is 57.6 cm³/mol. The number of nitrogens with zero attached hydrogens (tertiary/aromatic N) is 1. The fraction of sp³-hybridized carbons (Fsp3) is 0.455. The van der Waals surface area contributed by atoms with Gasteiger partial charge in [0.05, 0.1) is 0 Å². The maximum Gasteiger partial charge on any atom is 0.163 e. The Morgan fingerprint density at radius 2 is 2.36 bits per heavy atom. The summed E-state index contributed by atoms with van der Waals surface area (Å²) >= 11 is 5.70. The van der Waals surface area contributed by atoms with Crippen LogP contribution in [-0.4, -0.2) is 10.8 Å². The van der Waals surface area contributed by atoms with E-state index in [4.69, 9.17) is 11.6 Å². The number of ketones is 1. The van der Waals surface area contributed by atoms with Crippen molar-refractivity contribution in [1.29, 1.82) is 0 Å². The minimum atomic E-state index is 0.142. The van der Waals surface area contributed by atoms with Crippen LogP contribution in [0.4, 0.5) is 0 Å². The molecule has 0 aliphatic rings. The van der Waals surface area contributed by atoms with Crippen molar-refractivity contribution in [3.8, 4) is 0 Å². The molecule has 0 spiro atoms. The highest BCUT2D eigenvalue weighted by molar-refractivity contribution is 6.29. The first-order chi connectivity index (χ1) is 6.63. The molecule has 1 aromatic rings. The number of hydrogen-bond acceptors (Lipinski definition) is 2.